The van der Waals surface area contributed by atoms with E-state index in [-0.39, 0.29) is 5.91 Å². The lowest BCUT2D eigenvalue weighted by Crippen LogP contribution is -2.22. The first kappa shape index (κ1) is 18.0. The zero-order valence-electron chi connectivity index (χ0n) is 15.6. The summed E-state index contributed by atoms with van der Waals surface area (Å²) in [5.74, 6) is -0.214. The largest absolute Gasteiger partial charge is 0.359 e. The third kappa shape index (κ3) is 3.43. The highest BCUT2D eigenvalue weighted by atomic mass is 16.2. The number of rotatable bonds is 6. The Morgan fingerprint density at radius 1 is 1.19 bits per heavy atom. The Labute approximate surface area is 153 Å². The maximum absolute atomic E-state index is 12.3. The van der Waals surface area contributed by atoms with Gasteiger partial charge in [-0.25, -0.2) is 5.43 Å². The molecule has 2 N–H and O–H groups in total. The molecule has 2 aromatic rings. The Bertz CT molecular complexity index is 862. The summed E-state index contributed by atoms with van der Waals surface area (Å²) in [5.41, 5.74) is 8.91. The SMILES string of the molecule is CCN(CC)Cc1c(C)[nH]c(C=C2C(=O)NN=C2c2ccnnc2)c1C. The highest BCUT2D eigenvalue weighted by molar-refractivity contribution is 6.33. The average molecular weight is 352 g/mol. The van der Waals surface area contributed by atoms with Crippen molar-refractivity contribution in [3.63, 3.8) is 0 Å². The predicted molar refractivity (Wildman–Crippen MR) is 102 cm³/mol. The molecule has 136 valence electrons. The summed E-state index contributed by atoms with van der Waals surface area (Å²) >= 11 is 0. The van der Waals surface area contributed by atoms with E-state index in [1.807, 2.05) is 6.08 Å². The molecule has 0 atom stereocenters. The van der Waals surface area contributed by atoms with Gasteiger partial charge in [-0.05, 0) is 50.2 Å². The van der Waals surface area contributed by atoms with Crippen LogP contribution in [0.25, 0.3) is 6.08 Å². The van der Waals surface area contributed by atoms with E-state index in [9.17, 15) is 4.79 Å². The molecule has 3 heterocycles. The van der Waals surface area contributed by atoms with Crippen molar-refractivity contribution >= 4 is 17.7 Å². The van der Waals surface area contributed by atoms with Crippen LogP contribution < -0.4 is 5.43 Å². The number of aromatic nitrogens is 3. The van der Waals surface area contributed by atoms with Crippen LogP contribution >= 0.6 is 0 Å². The van der Waals surface area contributed by atoms with Crippen LogP contribution in [-0.4, -0.2) is 44.8 Å². The Balaban J connectivity index is 1.96. The number of hydrogen-bond acceptors (Lipinski definition) is 5. The first-order valence-corrected chi connectivity index (χ1v) is 8.82. The first-order valence-electron chi connectivity index (χ1n) is 8.82. The van der Waals surface area contributed by atoms with Gasteiger partial charge in [0, 0.05) is 23.5 Å². The molecule has 1 aliphatic rings. The van der Waals surface area contributed by atoms with E-state index in [1.54, 1.807) is 18.5 Å². The van der Waals surface area contributed by atoms with Crippen LogP contribution in [0, 0.1) is 13.8 Å². The van der Waals surface area contributed by atoms with Crippen molar-refractivity contribution in [1.82, 2.24) is 25.5 Å². The summed E-state index contributed by atoms with van der Waals surface area (Å²) in [6, 6.07) is 1.79. The highest BCUT2D eigenvalue weighted by Gasteiger charge is 2.25. The lowest BCUT2D eigenvalue weighted by Gasteiger charge is -2.18. The Morgan fingerprint density at radius 3 is 2.62 bits per heavy atom. The smallest absolute Gasteiger partial charge is 0.273 e. The average Bonchev–Trinajstić information content (AvgIpc) is 3.14. The summed E-state index contributed by atoms with van der Waals surface area (Å²) in [5, 5.41) is 11.8. The second-order valence-electron chi connectivity index (χ2n) is 6.32. The molecule has 0 unspecified atom stereocenters. The molecule has 3 rings (SSSR count). The fourth-order valence-electron chi connectivity index (χ4n) is 3.13. The van der Waals surface area contributed by atoms with Gasteiger partial charge in [-0.15, -0.1) is 0 Å². The van der Waals surface area contributed by atoms with E-state index in [2.05, 4.69) is 58.3 Å². The van der Waals surface area contributed by atoms with Gasteiger partial charge >= 0.3 is 0 Å². The molecule has 1 amide bonds. The van der Waals surface area contributed by atoms with Crippen LogP contribution in [0.2, 0.25) is 0 Å². The number of amides is 1. The molecule has 7 nitrogen and oxygen atoms in total. The van der Waals surface area contributed by atoms with Crippen LogP contribution in [-0.2, 0) is 11.3 Å². The summed E-state index contributed by atoms with van der Waals surface area (Å²) in [6.07, 6.45) is 5.06. The van der Waals surface area contributed by atoms with E-state index < -0.39 is 0 Å². The van der Waals surface area contributed by atoms with Gasteiger partial charge < -0.3 is 4.98 Å². The van der Waals surface area contributed by atoms with Crippen molar-refractivity contribution in [1.29, 1.82) is 0 Å². The molecule has 0 radical (unpaired) electrons. The number of hydrogen-bond donors (Lipinski definition) is 2. The normalized spacial score (nSPS) is 15.7. The minimum Gasteiger partial charge on any atom is -0.359 e. The third-order valence-electron chi connectivity index (χ3n) is 4.82. The van der Waals surface area contributed by atoms with Crippen molar-refractivity contribution in [2.75, 3.05) is 13.1 Å². The number of hydrazone groups is 1. The molecule has 0 aliphatic carbocycles. The quantitative estimate of drug-likeness (QED) is 0.780. The minimum absolute atomic E-state index is 0.214. The molecule has 26 heavy (non-hydrogen) atoms. The molecule has 0 bridgehead atoms. The van der Waals surface area contributed by atoms with Crippen molar-refractivity contribution in [2.24, 2.45) is 5.10 Å². The molecule has 0 aromatic carbocycles. The van der Waals surface area contributed by atoms with E-state index in [4.69, 9.17) is 0 Å². The standard InChI is InChI=1S/C19H24N6O/c1-5-25(6-2)11-16-12(3)17(22-13(16)4)9-15-18(23-24-19(15)26)14-7-8-20-21-10-14/h7-10,22H,5-6,11H2,1-4H3,(H,24,26). The molecule has 0 saturated heterocycles. The first-order chi connectivity index (χ1) is 12.5. The van der Waals surface area contributed by atoms with Gasteiger partial charge in [-0.3, -0.25) is 9.69 Å². The number of aryl methyl sites for hydroxylation is 1. The third-order valence-corrected chi connectivity index (χ3v) is 4.82. The van der Waals surface area contributed by atoms with Gasteiger partial charge in [0.15, 0.2) is 0 Å². The second kappa shape index (κ2) is 7.61. The topological polar surface area (TPSA) is 86.3 Å². The van der Waals surface area contributed by atoms with Gasteiger partial charge in [0.25, 0.3) is 5.91 Å². The lowest BCUT2D eigenvalue weighted by molar-refractivity contribution is -0.116. The molecule has 0 spiro atoms. The summed E-state index contributed by atoms with van der Waals surface area (Å²) in [4.78, 5) is 18.1. The lowest BCUT2D eigenvalue weighted by atomic mass is 10.0. The Morgan fingerprint density at radius 2 is 1.96 bits per heavy atom. The van der Waals surface area contributed by atoms with Crippen molar-refractivity contribution < 1.29 is 4.79 Å². The highest BCUT2D eigenvalue weighted by Crippen LogP contribution is 2.24. The van der Waals surface area contributed by atoms with Gasteiger partial charge in [0.05, 0.1) is 18.0 Å². The van der Waals surface area contributed by atoms with Crippen molar-refractivity contribution in [3.05, 3.63) is 52.1 Å². The maximum atomic E-state index is 12.3. The van der Waals surface area contributed by atoms with Crippen LogP contribution in [0.3, 0.4) is 0 Å². The van der Waals surface area contributed by atoms with Crippen LogP contribution in [0.4, 0.5) is 0 Å². The van der Waals surface area contributed by atoms with Gasteiger partial charge in [0.1, 0.15) is 5.71 Å². The van der Waals surface area contributed by atoms with E-state index in [1.165, 1.54) is 5.56 Å². The minimum atomic E-state index is -0.214. The van der Waals surface area contributed by atoms with Crippen molar-refractivity contribution in [2.45, 2.75) is 34.2 Å². The molecular formula is C19H24N6O. The zero-order valence-corrected chi connectivity index (χ0v) is 15.6. The van der Waals surface area contributed by atoms with Crippen LogP contribution in [0.15, 0.2) is 29.1 Å². The number of nitrogens with one attached hydrogen (secondary N) is 2. The number of aromatic amines is 1. The summed E-state index contributed by atoms with van der Waals surface area (Å²) < 4.78 is 0. The molecule has 1 aliphatic heterocycles. The molecule has 2 aromatic heterocycles. The van der Waals surface area contributed by atoms with Gasteiger partial charge in [-0.1, -0.05) is 13.8 Å². The van der Waals surface area contributed by atoms with Crippen LogP contribution in [0.1, 0.15) is 41.9 Å². The van der Waals surface area contributed by atoms with E-state index in [0.717, 1.165) is 42.1 Å². The predicted octanol–water partition coefficient (Wildman–Crippen LogP) is 2.18. The summed E-state index contributed by atoms with van der Waals surface area (Å²) in [7, 11) is 0. The van der Waals surface area contributed by atoms with Gasteiger partial charge in [0.2, 0.25) is 0 Å². The molecular weight excluding hydrogens is 328 g/mol. The monoisotopic (exact) mass is 352 g/mol. The van der Waals surface area contributed by atoms with Crippen molar-refractivity contribution in [3.8, 4) is 0 Å². The number of carbonyl (C=O) groups excluding carboxylic acids is 1. The number of nitrogens with zero attached hydrogens (tertiary/aromatic N) is 4. The number of carbonyl (C=O) groups is 1. The van der Waals surface area contributed by atoms with Gasteiger partial charge in [-0.2, -0.15) is 15.3 Å². The zero-order chi connectivity index (χ0) is 18.7. The molecule has 0 saturated carbocycles. The fraction of sp³-hybridized carbons (Fsp3) is 0.368. The Hall–Kier alpha value is -2.80. The fourth-order valence-corrected chi connectivity index (χ4v) is 3.13. The molecule has 7 heteroatoms. The number of H-pyrrole nitrogens is 1. The second-order valence-corrected chi connectivity index (χ2v) is 6.32. The maximum Gasteiger partial charge on any atom is 0.273 e. The molecule has 0 fully saturated rings. The Kier molecular flexibility index (Phi) is 5.27. The van der Waals surface area contributed by atoms with E-state index >= 15 is 0 Å². The summed E-state index contributed by atoms with van der Waals surface area (Å²) in [6.45, 7) is 11.4. The van der Waals surface area contributed by atoms with E-state index in [0.29, 0.717) is 11.3 Å². The van der Waals surface area contributed by atoms with Crippen LogP contribution in [0.5, 0.6) is 0 Å².